The first kappa shape index (κ1) is 21.8. The van der Waals surface area contributed by atoms with Crippen LogP contribution in [-0.2, 0) is 16.0 Å². The molecule has 0 spiro atoms. The Morgan fingerprint density at radius 2 is 1.70 bits per heavy atom. The van der Waals surface area contributed by atoms with Crippen LogP contribution in [0.25, 0.3) is 11.1 Å². The van der Waals surface area contributed by atoms with Gasteiger partial charge in [0.15, 0.2) is 11.6 Å². The van der Waals surface area contributed by atoms with Crippen LogP contribution in [0.5, 0.6) is 5.75 Å². The van der Waals surface area contributed by atoms with E-state index in [4.69, 9.17) is 10.00 Å². The average Bonchev–Trinajstić information content (AvgIpc) is 3.13. The second kappa shape index (κ2) is 9.01. The number of ether oxygens (including phenoxy) is 1. The molecule has 4 rings (SSSR count). The van der Waals surface area contributed by atoms with Gasteiger partial charge in [-0.1, -0.05) is 48.5 Å². The standard InChI is InChI=1S/C25H19FN2O5/c26-21-10-14(9-15(12-27)23(21)29)11-22(24(30)31)28-25(32)33-13-20-18-7-3-1-5-16(18)17-6-2-4-8-19(17)20/h1-10,20,22,29H,11,13H2,(H,28,32)(H,30,31). The zero-order chi connectivity index (χ0) is 23.5. The number of nitrogens with one attached hydrogen (secondary N) is 1. The van der Waals surface area contributed by atoms with Crippen molar-refractivity contribution in [1.82, 2.24) is 5.32 Å². The molecule has 33 heavy (non-hydrogen) atoms. The third-order valence-electron chi connectivity index (χ3n) is 5.62. The number of hydrogen-bond donors (Lipinski definition) is 3. The van der Waals surface area contributed by atoms with Crippen molar-refractivity contribution >= 4 is 12.1 Å². The summed E-state index contributed by atoms with van der Waals surface area (Å²) in [6.07, 6.45) is -1.23. The number of carboxylic acids is 1. The quantitative estimate of drug-likeness (QED) is 0.528. The van der Waals surface area contributed by atoms with Gasteiger partial charge < -0.3 is 20.3 Å². The molecule has 3 aromatic carbocycles. The van der Waals surface area contributed by atoms with E-state index in [1.807, 2.05) is 48.5 Å². The molecule has 0 bridgehead atoms. The van der Waals surface area contributed by atoms with Gasteiger partial charge in [0.05, 0.1) is 5.56 Å². The van der Waals surface area contributed by atoms with E-state index in [0.29, 0.717) is 0 Å². The van der Waals surface area contributed by atoms with Crippen molar-refractivity contribution < 1.29 is 28.9 Å². The molecule has 0 aliphatic heterocycles. The highest BCUT2D eigenvalue weighted by molar-refractivity contribution is 5.81. The fraction of sp³-hybridized carbons (Fsp3) is 0.160. The number of phenolic OH excluding ortho intramolecular Hbond substituents is 1. The molecule has 0 heterocycles. The summed E-state index contributed by atoms with van der Waals surface area (Å²) in [5.74, 6) is -3.39. The third kappa shape index (κ3) is 4.34. The molecule has 1 amide bonds. The average molecular weight is 446 g/mol. The van der Waals surface area contributed by atoms with Gasteiger partial charge in [0.2, 0.25) is 0 Å². The van der Waals surface area contributed by atoms with Crippen molar-refractivity contribution in [2.75, 3.05) is 6.61 Å². The van der Waals surface area contributed by atoms with Crippen LogP contribution in [-0.4, -0.2) is 34.9 Å². The minimum Gasteiger partial charge on any atom is -0.504 e. The highest BCUT2D eigenvalue weighted by Crippen LogP contribution is 2.44. The zero-order valence-corrected chi connectivity index (χ0v) is 17.3. The van der Waals surface area contributed by atoms with E-state index in [-0.39, 0.29) is 30.1 Å². The molecule has 1 aliphatic rings. The molecular formula is C25H19FN2O5. The first-order valence-electron chi connectivity index (χ1n) is 10.1. The van der Waals surface area contributed by atoms with Crippen LogP contribution in [0.3, 0.4) is 0 Å². The molecule has 0 saturated carbocycles. The monoisotopic (exact) mass is 446 g/mol. The molecule has 3 N–H and O–H groups in total. The maximum atomic E-state index is 13.8. The van der Waals surface area contributed by atoms with Crippen molar-refractivity contribution in [1.29, 1.82) is 5.26 Å². The highest BCUT2D eigenvalue weighted by atomic mass is 19.1. The molecule has 0 saturated heterocycles. The largest absolute Gasteiger partial charge is 0.504 e. The summed E-state index contributed by atoms with van der Waals surface area (Å²) in [7, 11) is 0. The highest BCUT2D eigenvalue weighted by Gasteiger charge is 2.30. The van der Waals surface area contributed by atoms with Crippen LogP contribution in [0.1, 0.15) is 28.2 Å². The molecule has 1 aliphatic carbocycles. The number of hydrogen-bond acceptors (Lipinski definition) is 5. The molecular weight excluding hydrogens is 427 g/mol. The smallest absolute Gasteiger partial charge is 0.407 e. The van der Waals surface area contributed by atoms with Crippen molar-refractivity contribution in [3.63, 3.8) is 0 Å². The number of fused-ring (bicyclic) bond motifs is 3. The van der Waals surface area contributed by atoms with Crippen LogP contribution in [0.4, 0.5) is 9.18 Å². The SMILES string of the molecule is N#Cc1cc(CC(NC(=O)OCC2c3ccccc3-c3ccccc32)C(=O)O)cc(F)c1O. The van der Waals surface area contributed by atoms with E-state index in [2.05, 4.69) is 5.32 Å². The Morgan fingerprint density at radius 1 is 1.09 bits per heavy atom. The summed E-state index contributed by atoms with van der Waals surface area (Å²) >= 11 is 0. The van der Waals surface area contributed by atoms with Crippen molar-refractivity contribution in [2.24, 2.45) is 0 Å². The summed E-state index contributed by atoms with van der Waals surface area (Å²) < 4.78 is 19.2. The lowest BCUT2D eigenvalue weighted by Gasteiger charge is -2.18. The zero-order valence-electron chi connectivity index (χ0n) is 17.3. The Labute approximate surface area is 188 Å². The fourth-order valence-electron chi connectivity index (χ4n) is 4.08. The Bertz CT molecular complexity index is 1240. The van der Waals surface area contributed by atoms with Gasteiger partial charge in [-0.05, 0) is 39.9 Å². The van der Waals surface area contributed by atoms with Gasteiger partial charge in [-0.15, -0.1) is 0 Å². The van der Waals surface area contributed by atoms with E-state index >= 15 is 0 Å². The van der Waals surface area contributed by atoms with E-state index < -0.39 is 29.7 Å². The number of carboxylic acid groups (broad SMARTS) is 1. The number of aliphatic carboxylic acids is 1. The lowest BCUT2D eigenvalue weighted by molar-refractivity contribution is -0.139. The first-order valence-corrected chi connectivity index (χ1v) is 10.1. The van der Waals surface area contributed by atoms with E-state index in [1.165, 1.54) is 6.07 Å². The maximum Gasteiger partial charge on any atom is 0.407 e. The second-order valence-electron chi connectivity index (χ2n) is 7.65. The van der Waals surface area contributed by atoms with Crippen LogP contribution in [0.2, 0.25) is 0 Å². The first-order chi connectivity index (χ1) is 15.9. The summed E-state index contributed by atoms with van der Waals surface area (Å²) in [5.41, 5.74) is 3.97. The van der Waals surface area contributed by atoms with Gasteiger partial charge in [0.1, 0.15) is 18.7 Å². The molecule has 1 atom stereocenters. The number of rotatable bonds is 6. The predicted molar refractivity (Wildman–Crippen MR) is 116 cm³/mol. The minimum atomic E-state index is -1.42. The van der Waals surface area contributed by atoms with Gasteiger partial charge in [-0.2, -0.15) is 5.26 Å². The lowest BCUT2D eigenvalue weighted by Crippen LogP contribution is -2.43. The number of carbonyl (C=O) groups excluding carboxylic acids is 1. The molecule has 8 heteroatoms. The number of nitriles is 1. The Hall–Kier alpha value is -4.38. The molecule has 3 aromatic rings. The molecule has 7 nitrogen and oxygen atoms in total. The fourth-order valence-corrected chi connectivity index (χ4v) is 4.08. The summed E-state index contributed by atoms with van der Waals surface area (Å²) in [6.45, 7) is 0.0125. The van der Waals surface area contributed by atoms with E-state index in [0.717, 1.165) is 28.3 Å². The Balaban J connectivity index is 1.45. The number of phenols is 1. The number of alkyl carbamates (subject to hydrolysis) is 1. The number of benzene rings is 3. The Morgan fingerprint density at radius 3 is 2.27 bits per heavy atom. The number of amides is 1. The van der Waals surface area contributed by atoms with Crippen LogP contribution in [0, 0.1) is 17.1 Å². The molecule has 166 valence electrons. The predicted octanol–water partition coefficient (Wildman–Crippen LogP) is 3.94. The number of carbonyl (C=O) groups is 2. The number of aromatic hydroxyl groups is 1. The third-order valence-corrected chi connectivity index (χ3v) is 5.62. The summed E-state index contributed by atoms with van der Waals surface area (Å²) in [6, 6.07) is 17.9. The molecule has 0 radical (unpaired) electrons. The second-order valence-corrected chi connectivity index (χ2v) is 7.65. The van der Waals surface area contributed by atoms with Gasteiger partial charge in [0.25, 0.3) is 0 Å². The minimum absolute atomic E-state index is 0.0125. The lowest BCUT2D eigenvalue weighted by atomic mass is 9.98. The van der Waals surface area contributed by atoms with E-state index in [1.54, 1.807) is 6.07 Å². The van der Waals surface area contributed by atoms with Gasteiger partial charge in [-0.25, -0.2) is 14.0 Å². The molecule has 0 fully saturated rings. The molecule has 0 aromatic heterocycles. The van der Waals surface area contributed by atoms with Crippen molar-refractivity contribution in [3.8, 4) is 22.9 Å². The molecule has 1 unspecified atom stereocenters. The number of halogens is 1. The van der Waals surface area contributed by atoms with Crippen molar-refractivity contribution in [2.45, 2.75) is 18.4 Å². The van der Waals surface area contributed by atoms with Crippen LogP contribution >= 0.6 is 0 Å². The van der Waals surface area contributed by atoms with Gasteiger partial charge in [0, 0.05) is 12.3 Å². The van der Waals surface area contributed by atoms with Gasteiger partial charge in [-0.3, -0.25) is 0 Å². The topological polar surface area (TPSA) is 120 Å². The van der Waals surface area contributed by atoms with Gasteiger partial charge >= 0.3 is 12.1 Å². The van der Waals surface area contributed by atoms with Crippen LogP contribution < -0.4 is 5.32 Å². The van der Waals surface area contributed by atoms with Crippen LogP contribution in [0.15, 0.2) is 60.7 Å². The summed E-state index contributed by atoms with van der Waals surface area (Å²) in [5, 5.41) is 30.3. The van der Waals surface area contributed by atoms with Crippen molar-refractivity contribution in [3.05, 3.63) is 88.7 Å². The Kier molecular flexibility index (Phi) is 5.96. The summed E-state index contributed by atoms with van der Waals surface area (Å²) in [4.78, 5) is 24.1. The normalized spacial score (nSPS) is 12.8. The maximum absolute atomic E-state index is 13.8. The number of nitrogens with zero attached hydrogens (tertiary/aromatic N) is 1. The van der Waals surface area contributed by atoms with E-state index in [9.17, 15) is 24.2 Å².